The molecule has 0 spiro atoms. The van der Waals surface area contributed by atoms with E-state index in [-0.39, 0.29) is 12.3 Å². The molecule has 2 unspecified atom stereocenters. The number of hydrogen-bond donors (Lipinski definition) is 3. The van der Waals surface area contributed by atoms with Crippen molar-refractivity contribution in [2.24, 2.45) is 5.73 Å². The zero-order chi connectivity index (χ0) is 13.7. The average molecular weight is 255 g/mol. The molecule has 2 atom stereocenters. The molecule has 6 nitrogen and oxygen atoms in total. The minimum Gasteiger partial charge on any atom is -0.496 e. The summed E-state index contributed by atoms with van der Waals surface area (Å²) in [6.07, 6.45) is -2.26. The van der Waals surface area contributed by atoms with Crippen molar-refractivity contribution >= 4 is 5.97 Å². The maximum atomic E-state index is 11.3. The fraction of sp³-hybridized carbons (Fsp3) is 0.417. The molecule has 0 saturated heterocycles. The van der Waals surface area contributed by atoms with Crippen molar-refractivity contribution in [1.82, 2.24) is 0 Å². The molecule has 0 aliphatic rings. The molecular formula is C12H17NO5. The Morgan fingerprint density at radius 2 is 2.06 bits per heavy atom. The predicted octanol–water partition coefficient (Wildman–Crippen LogP) is -0.165. The summed E-state index contributed by atoms with van der Waals surface area (Å²) < 4.78 is 9.66. The van der Waals surface area contributed by atoms with Crippen LogP contribution in [0.5, 0.6) is 5.75 Å². The van der Waals surface area contributed by atoms with Gasteiger partial charge >= 0.3 is 5.97 Å². The second kappa shape index (κ2) is 6.34. The predicted molar refractivity (Wildman–Crippen MR) is 64.4 cm³/mol. The number of esters is 1. The third kappa shape index (κ3) is 2.98. The van der Waals surface area contributed by atoms with E-state index < -0.39 is 18.2 Å². The van der Waals surface area contributed by atoms with Gasteiger partial charge in [0, 0.05) is 12.1 Å². The van der Waals surface area contributed by atoms with Crippen LogP contribution in [-0.4, -0.2) is 43.1 Å². The average Bonchev–Trinajstić information content (AvgIpc) is 2.43. The smallest absolute Gasteiger partial charge is 0.337 e. The Morgan fingerprint density at radius 3 is 2.56 bits per heavy atom. The van der Waals surface area contributed by atoms with Crippen LogP contribution in [0, 0.1) is 0 Å². The van der Waals surface area contributed by atoms with Crippen LogP contribution < -0.4 is 10.5 Å². The lowest BCUT2D eigenvalue weighted by Gasteiger charge is -2.19. The number of hydrogen-bond acceptors (Lipinski definition) is 6. The maximum Gasteiger partial charge on any atom is 0.337 e. The number of methoxy groups -OCH3 is 2. The summed E-state index contributed by atoms with van der Waals surface area (Å²) in [5.74, 6) is -0.216. The Kier molecular flexibility index (Phi) is 5.08. The number of aliphatic hydroxyl groups excluding tert-OH is 2. The summed E-state index contributed by atoms with van der Waals surface area (Å²) in [7, 11) is 2.68. The lowest BCUT2D eigenvalue weighted by atomic mass is 10.0. The number of carbonyl (C=O) groups is 1. The number of nitrogens with two attached hydrogens (primary N) is 1. The lowest BCUT2D eigenvalue weighted by Crippen LogP contribution is -2.27. The van der Waals surface area contributed by atoms with Crippen LogP contribution in [-0.2, 0) is 4.74 Å². The summed E-state index contributed by atoms with van der Waals surface area (Å²) in [6.45, 7) is -0.0803. The van der Waals surface area contributed by atoms with Gasteiger partial charge in [0.15, 0.2) is 0 Å². The van der Waals surface area contributed by atoms with Gasteiger partial charge in [-0.05, 0) is 12.1 Å². The molecule has 6 heteroatoms. The molecule has 4 N–H and O–H groups in total. The molecule has 0 saturated carbocycles. The van der Waals surface area contributed by atoms with Crippen molar-refractivity contribution in [3.8, 4) is 5.75 Å². The summed E-state index contributed by atoms with van der Waals surface area (Å²) in [5.41, 5.74) is 5.94. The summed E-state index contributed by atoms with van der Waals surface area (Å²) >= 11 is 0. The van der Waals surface area contributed by atoms with E-state index in [9.17, 15) is 15.0 Å². The van der Waals surface area contributed by atoms with Gasteiger partial charge in [-0.15, -0.1) is 0 Å². The highest BCUT2D eigenvalue weighted by Crippen LogP contribution is 2.28. The minimum absolute atomic E-state index is 0.0803. The zero-order valence-corrected chi connectivity index (χ0v) is 10.3. The third-order valence-electron chi connectivity index (χ3n) is 2.58. The minimum atomic E-state index is -1.17. The first kappa shape index (κ1) is 14.4. The topological polar surface area (TPSA) is 102 Å². The molecule has 1 aromatic rings. The van der Waals surface area contributed by atoms with E-state index in [4.69, 9.17) is 10.5 Å². The second-order valence-corrected chi connectivity index (χ2v) is 3.70. The third-order valence-corrected chi connectivity index (χ3v) is 2.58. The fourth-order valence-electron chi connectivity index (χ4n) is 1.54. The van der Waals surface area contributed by atoms with Crippen molar-refractivity contribution in [3.05, 3.63) is 29.3 Å². The Balaban J connectivity index is 3.11. The highest BCUT2D eigenvalue weighted by molar-refractivity contribution is 5.89. The molecule has 1 aromatic carbocycles. The van der Waals surface area contributed by atoms with Gasteiger partial charge in [0.05, 0.1) is 25.9 Å². The molecule has 100 valence electrons. The van der Waals surface area contributed by atoms with Crippen LogP contribution in [0.3, 0.4) is 0 Å². The van der Waals surface area contributed by atoms with E-state index in [1.165, 1.54) is 32.4 Å². The highest BCUT2D eigenvalue weighted by atomic mass is 16.5. The van der Waals surface area contributed by atoms with Crippen LogP contribution in [0.15, 0.2) is 18.2 Å². The number of aliphatic hydroxyl groups is 2. The Hall–Kier alpha value is -1.63. The number of rotatable bonds is 5. The Morgan fingerprint density at radius 1 is 1.39 bits per heavy atom. The lowest BCUT2D eigenvalue weighted by molar-refractivity contribution is 0.0229. The number of ether oxygens (including phenoxy) is 2. The Labute approximate surface area is 105 Å². The van der Waals surface area contributed by atoms with Crippen molar-refractivity contribution < 1.29 is 24.5 Å². The summed E-state index contributed by atoms with van der Waals surface area (Å²) in [4.78, 5) is 11.3. The van der Waals surface area contributed by atoms with Gasteiger partial charge in [-0.25, -0.2) is 4.79 Å². The van der Waals surface area contributed by atoms with E-state index in [2.05, 4.69) is 4.74 Å². The quantitative estimate of drug-likeness (QED) is 0.632. The van der Waals surface area contributed by atoms with E-state index in [0.717, 1.165) is 0 Å². The first-order valence-corrected chi connectivity index (χ1v) is 5.37. The number of benzene rings is 1. The summed E-state index contributed by atoms with van der Waals surface area (Å²) in [5, 5.41) is 19.4. The van der Waals surface area contributed by atoms with Crippen molar-refractivity contribution in [3.63, 3.8) is 0 Å². The molecule has 0 fully saturated rings. The van der Waals surface area contributed by atoms with Crippen LogP contribution in [0.2, 0.25) is 0 Å². The standard InChI is InChI=1S/C12H17NO5/c1-17-10-5-7(12(16)18-2)3-4-8(10)11(15)9(14)6-13/h3-5,9,11,14-15H,6,13H2,1-2H3. The normalized spacial score (nSPS) is 13.8. The van der Waals surface area contributed by atoms with E-state index in [1.54, 1.807) is 0 Å². The van der Waals surface area contributed by atoms with E-state index >= 15 is 0 Å². The van der Waals surface area contributed by atoms with Gasteiger partial charge in [0.1, 0.15) is 11.9 Å². The first-order chi connectivity index (χ1) is 8.54. The highest BCUT2D eigenvalue weighted by Gasteiger charge is 2.21. The molecule has 0 amide bonds. The van der Waals surface area contributed by atoms with E-state index in [0.29, 0.717) is 11.1 Å². The van der Waals surface area contributed by atoms with Crippen LogP contribution in [0.25, 0.3) is 0 Å². The second-order valence-electron chi connectivity index (χ2n) is 3.70. The van der Waals surface area contributed by atoms with Crippen molar-refractivity contribution in [1.29, 1.82) is 0 Å². The van der Waals surface area contributed by atoms with Crippen molar-refractivity contribution in [2.75, 3.05) is 20.8 Å². The van der Waals surface area contributed by atoms with Crippen LogP contribution >= 0.6 is 0 Å². The molecule has 0 bridgehead atoms. The first-order valence-electron chi connectivity index (χ1n) is 5.37. The van der Waals surface area contributed by atoms with Gasteiger partial charge in [-0.2, -0.15) is 0 Å². The van der Waals surface area contributed by atoms with Gasteiger partial charge in [-0.1, -0.05) is 6.07 Å². The molecule has 1 rings (SSSR count). The monoisotopic (exact) mass is 255 g/mol. The van der Waals surface area contributed by atoms with Gasteiger partial charge in [0.2, 0.25) is 0 Å². The van der Waals surface area contributed by atoms with Crippen LogP contribution in [0.1, 0.15) is 22.0 Å². The SMILES string of the molecule is COC(=O)c1ccc(C(O)C(O)CN)c(OC)c1. The Bertz CT molecular complexity index is 421. The zero-order valence-electron chi connectivity index (χ0n) is 10.3. The fourth-order valence-corrected chi connectivity index (χ4v) is 1.54. The summed E-state index contributed by atoms with van der Waals surface area (Å²) in [6, 6.07) is 4.42. The van der Waals surface area contributed by atoms with Gasteiger partial charge in [0.25, 0.3) is 0 Å². The number of carbonyl (C=O) groups excluding carboxylic acids is 1. The molecule has 0 radical (unpaired) electrons. The van der Waals surface area contributed by atoms with Gasteiger partial charge in [-0.3, -0.25) is 0 Å². The molecule has 0 aliphatic carbocycles. The maximum absolute atomic E-state index is 11.3. The van der Waals surface area contributed by atoms with Gasteiger partial charge < -0.3 is 25.4 Å². The van der Waals surface area contributed by atoms with Crippen LogP contribution in [0.4, 0.5) is 0 Å². The molecule has 0 aliphatic heterocycles. The molecule has 0 aromatic heterocycles. The molecule has 0 heterocycles. The van der Waals surface area contributed by atoms with E-state index in [1.807, 2.05) is 0 Å². The molecular weight excluding hydrogens is 238 g/mol. The molecule has 18 heavy (non-hydrogen) atoms. The largest absolute Gasteiger partial charge is 0.496 e. The van der Waals surface area contributed by atoms with Crippen molar-refractivity contribution in [2.45, 2.75) is 12.2 Å².